The zero-order valence-electron chi connectivity index (χ0n) is 11.9. The van der Waals surface area contributed by atoms with E-state index in [1.54, 1.807) is 24.1 Å². The lowest BCUT2D eigenvalue weighted by atomic mass is 10.1. The molecule has 2 rings (SSSR count). The highest BCUT2D eigenvalue weighted by Crippen LogP contribution is 2.32. The van der Waals surface area contributed by atoms with E-state index in [9.17, 15) is 9.18 Å². The average molecular weight is 285 g/mol. The van der Waals surface area contributed by atoms with E-state index in [1.165, 1.54) is 12.1 Å². The van der Waals surface area contributed by atoms with E-state index in [1.807, 2.05) is 31.2 Å². The van der Waals surface area contributed by atoms with Gasteiger partial charge in [-0.2, -0.15) is 0 Å². The summed E-state index contributed by atoms with van der Waals surface area (Å²) >= 11 is 0. The van der Waals surface area contributed by atoms with Crippen molar-refractivity contribution < 1.29 is 14.3 Å². The highest BCUT2D eigenvalue weighted by Gasteiger charge is 2.14. The molecule has 0 saturated carbocycles. The maximum atomic E-state index is 14.2. The van der Waals surface area contributed by atoms with Crippen LogP contribution in [0.5, 0.6) is 0 Å². The number of carboxylic acid groups (broad SMARTS) is 1. The lowest BCUT2D eigenvalue weighted by molar-refractivity contribution is -0.131. The van der Waals surface area contributed by atoms with Gasteiger partial charge in [-0.05, 0) is 30.7 Å². The van der Waals surface area contributed by atoms with E-state index in [0.29, 0.717) is 11.3 Å². The van der Waals surface area contributed by atoms with Crippen molar-refractivity contribution in [2.45, 2.75) is 6.92 Å². The molecule has 21 heavy (non-hydrogen) atoms. The van der Waals surface area contributed by atoms with Crippen LogP contribution in [0.2, 0.25) is 0 Å². The first kappa shape index (κ1) is 14.8. The van der Waals surface area contributed by atoms with Gasteiger partial charge in [0.2, 0.25) is 0 Å². The molecular weight excluding hydrogens is 269 g/mol. The molecule has 0 heterocycles. The number of hydrogen-bond acceptors (Lipinski definition) is 2. The van der Waals surface area contributed by atoms with Gasteiger partial charge in [0.25, 0.3) is 0 Å². The molecule has 0 unspecified atom stereocenters. The Morgan fingerprint density at radius 1 is 1.19 bits per heavy atom. The molecule has 0 bridgehead atoms. The van der Waals surface area contributed by atoms with Gasteiger partial charge in [-0.3, -0.25) is 0 Å². The first-order valence-corrected chi connectivity index (χ1v) is 6.49. The van der Waals surface area contributed by atoms with Crippen molar-refractivity contribution >= 4 is 23.4 Å². The summed E-state index contributed by atoms with van der Waals surface area (Å²) in [5, 5.41) is 8.74. The summed E-state index contributed by atoms with van der Waals surface area (Å²) in [6, 6.07) is 12.2. The number of benzene rings is 2. The van der Waals surface area contributed by atoms with E-state index in [0.717, 1.165) is 17.3 Å². The predicted octanol–water partition coefficient (Wildman–Crippen LogP) is 4.00. The predicted molar refractivity (Wildman–Crippen MR) is 82.3 cm³/mol. The van der Waals surface area contributed by atoms with Crippen molar-refractivity contribution in [3.8, 4) is 0 Å². The van der Waals surface area contributed by atoms with Gasteiger partial charge in [0.1, 0.15) is 5.82 Å². The fraction of sp³-hybridized carbons (Fsp3) is 0.118. The van der Waals surface area contributed by atoms with Crippen LogP contribution in [0.15, 0.2) is 48.5 Å². The summed E-state index contributed by atoms with van der Waals surface area (Å²) in [7, 11) is 1.76. The normalized spacial score (nSPS) is 10.8. The van der Waals surface area contributed by atoms with Crippen LogP contribution in [0.25, 0.3) is 6.08 Å². The minimum absolute atomic E-state index is 0.351. The summed E-state index contributed by atoms with van der Waals surface area (Å²) in [4.78, 5) is 12.4. The van der Waals surface area contributed by atoms with Crippen LogP contribution in [-0.4, -0.2) is 18.1 Å². The van der Waals surface area contributed by atoms with Crippen molar-refractivity contribution in [2.75, 3.05) is 11.9 Å². The monoisotopic (exact) mass is 285 g/mol. The topological polar surface area (TPSA) is 40.5 Å². The fourth-order valence-corrected chi connectivity index (χ4v) is 2.24. The Morgan fingerprint density at radius 2 is 1.90 bits per heavy atom. The maximum absolute atomic E-state index is 14.2. The highest BCUT2D eigenvalue weighted by molar-refractivity contribution is 5.87. The van der Waals surface area contributed by atoms with Crippen LogP contribution in [0.4, 0.5) is 15.8 Å². The van der Waals surface area contributed by atoms with Crippen LogP contribution < -0.4 is 4.90 Å². The fourth-order valence-electron chi connectivity index (χ4n) is 2.24. The zero-order chi connectivity index (χ0) is 15.4. The number of hydrogen-bond donors (Lipinski definition) is 1. The van der Waals surface area contributed by atoms with Crippen LogP contribution in [-0.2, 0) is 4.79 Å². The van der Waals surface area contributed by atoms with Crippen LogP contribution >= 0.6 is 0 Å². The minimum atomic E-state index is -1.07. The third-order valence-electron chi connectivity index (χ3n) is 3.24. The number of nitrogens with zero attached hydrogens (tertiary/aromatic N) is 1. The summed E-state index contributed by atoms with van der Waals surface area (Å²) in [6.45, 7) is 1.94. The second-order valence-electron chi connectivity index (χ2n) is 4.69. The highest BCUT2D eigenvalue weighted by atomic mass is 19.1. The summed E-state index contributed by atoms with van der Waals surface area (Å²) in [6.07, 6.45) is 2.40. The van der Waals surface area contributed by atoms with E-state index in [4.69, 9.17) is 5.11 Å². The third-order valence-corrected chi connectivity index (χ3v) is 3.24. The molecule has 2 aromatic rings. The average Bonchev–Trinajstić information content (AvgIpc) is 2.45. The lowest BCUT2D eigenvalue weighted by Gasteiger charge is -2.24. The minimum Gasteiger partial charge on any atom is -0.478 e. The summed E-state index contributed by atoms with van der Waals surface area (Å²) in [5.41, 5.74) is 2.75. The van der Waals surface area contributed by atoms with Gasteiger partial charge in [0.15, 0.2) is 0 Å². The molecule has 0 saturated heterocycles. The number of rotatable bonds is 4. The molecule has 0 radical (unpaired) electrons. The van der Waals surface area contributed by atoms with E-state index >= 15 is 0 Å². The SMILES string of the molecule is Cc1ccccc1N(C)c1c(F)cccc1/C=C/C(=O)O. The Balaban J connectivity index is 2.52. The number of para-hydroxylation sites is 2. The molecule has 0 aromatic heterocycles. The Morgan fingerprint density at radius 3 is 2.57 bits per heavy atom. The van der Waals surface area contributed by atoms with Crippen LogP contribution in [0.3, 0.4) is 0 Å². The number of carbonyl (C=O) groups is 1. The van der Waals surface area contributed by atoms with Crippen molar-refractivity contribution in [1.82, 2.24) is 0 Å². The van der Waals surface area contributed by atoms with Crippen molar-refractivity contribution in [3.63, 3.8) is 0 Å². The van der Waals surface area contributed by atoms with Gasteiger partial charge in [-0.25, -0.2) is 9.18 Å². The molecule has 0 amide bonds. The Hall–Kier alpha value is -2.62. The van der Waals surface area contributed by atoms with Crippen LogP contribution in [0, 0.1) is 12.7 Å². The van der Waals surface area contributed by atoms with Crippen molar-refractivity contribution in [2.24, 2.45) is 0 Å². The number of anilines is 2. The first-order valence-electron chi connectivity index (χ1n) is 6.49. The van der Waals surface area contributed by atoms with E-state index < -0.39 is 11.8 Å². The molecule has 108 valence electrons. The molecule has 1 N–H and O–H groups in total. The van der Waals surface area contributed by atoms with Gasteiger partial charge in [0, 0.05) is 24.4 Å². The molecular formula is C17H16FNO2. The number of halogens is 1. The lowest BCUT2D eigenvalue weighted by Crippen LogP contribution is -2.14. The number of aryl methyl sites for hydroxylation is 1. The summed E-state index contributed by atoms with van der Waals surface area (Å²) in [5.74, 6) is -1.46. The first-order chi connectivity index (χ1) is 10.0. The molecule has 0 aliphatic heterocycles. The smallest absolute Gasteiger partial charge is 0.328 e. The van der Waals surface area contributed by atoms with Gasteiger partial charge >= 0.3 is 5.97 Å². The van der Waals surface area contributed by atoms with Crippen LogP contribution in [0.1, 0.15) is 11.1 Å². The number of carboxylic acids is 1. The van der Waals surface area contributed by atoms with Gasteiger partial charge < -0.3 is 10.0 Å². The third kappa shape index (κ3) is 3.28. The molecule has 0 aliphatic carbocycles. The second kappa shape index (κ2) is 6.22. The Labute approximate surface area is 123 Å². The Bertz CT molecular complexity index is 695. The Kier molecular flexibility index (Phi) is 4.38. The second-order valence-corrected chi connectivity index (χ2v) is 4.69. The largest absolute Gasteiger partial charge is 0.478 e. The molecule has 4 heteroatoms. The van der Waals surface area contributed by atoms with Crippen molar-refractivity contribution in [3.05, 3.63) is 65.5 Å². The molecule has 0 spiro atoms. The van der Waals surface area contributed by atoms with Gasteiger partial charge in [-0.15, -0.1) is 0 Å². The molecule has 0 atom stereocenters. The quantitative estimate of drug-likeness (QED) is 0.863. The molecule has 0 fully saturated rings. The molecule has 0 aliphatic rings. The molecule has 3 nitrogen and oxygen atoms in total. The summed E-state index contributed by atoms with van der Waals surface area (Å²) < 4.78 is 14.2. The van der Waals surface area contributed by atoms with Gasteiger partial charge in [-0.1, -0.05) is 30.3 Å². The number of aliphatic carboxylic acids is 1. The standard InChI is InChI=1S/C17H16FNO2/c1-12-6-3-4-9-15(12)19(2)17-13(10-11-16(20)21)7-5-8-14(17)18/h3-11H,1-2H3,(H,20,21)/b11-10+. The maximum Gasteiger partial charge on any atom is 0.328 e. The van der Waals surface area contributed by atoms with E-state index in [2.05, 4.69) is 0 Å². The molecule has 2 aromatic carbocycles. The van der Waals surface area contributed by atoms with E-state index in [-0.39, 0.29) is 0 Å². The van der Waals surface area contributed by atoms with Gasteiger partial charge in [0.05, 0.1) is 5.69 Å². The zero-order valence-corrected chi connectivity index (χ0v) is 11.9. The van der Waals surface area contributed by atoms with Crippen molar-refractivity contribution in [1.29, 1.82) is 0 Å².